The van der Waals surface area contributed by atoms with Crippen LogP contribution in [0.2, 0.25) is 5.02 Å². The fraction of sp³-hybridized carbons (Fsp3) is 0.200. The second kappa shape index (κ2) is 5.74. The first-order valence-corrected chi connectivity index (χ1v) is 8.49. The van der Waals surface area contributed by atoms with Gasteiger partial charge in [-0.1, -0.05) is 18.5 Å². The molecule has 0 aliphatic heterocycles. The number of halogens is 1. The monoisotopic (exact) mass is 353 g/mol. The van der Waals surface area contributed by atoms with Gasteiger partial charge < -0.3 is 8.83 Å². The summed E-state index contributed by atoms with van der Waals surface area (Å²) in [6, 6.07) is 9.25. The smallest absolute Gasteiger partial charge is 0.339 e. The maximum absolute atomic E-state index is 12.2. The molecule has 0 saturated carbocycles. The molecule has 0 radical (unpaired) electrons. The summed E-state index contributed by atoms with van der Waals surface area (Å²) in [5.41, 5.74) is 4.92. The van der Waals surface area contributed by atoms with Gasteiger partial charge in [0, 0.05) is 27.1 Å². The van der Waals surface area contributed by atoms with E-state index in [0.717, 1.165) is 27.6 Å². The first-order chi connectivity index (χ1) is 12.0. The van der Waals surface area contributed by atoms with Gasteiger partial charge in [-0.15, -0.1) is 0 Å². The van der Waals surface area contributed by atoms with Gasteiger partial charge in [-0.3, -0.25) is 0 Å². The number of nitrogens with zero attached hydrogens (tertiary/aromatic N) is 1. The summed E-state index contributed by atoms with van der Waals surface area (Å²) in [5, 5.41) is 1.56. The van der Waals surface area contributed by atoms with Crippen LogP contribution < -0.4 is 5.63 Å². The van der Waals surface area contributed by atoms with Crippen LogP contribution in [0.1, 0.15) is 23.6 Å². The van der Waals surface area contributed by atoms with E-state index in [9.17, 15) is 4.79 Å². The topological polar surface area (TPSA) is 56.2 Å². The van der Waals surface area contributed by atoms with Crippen LogP contribution in [0.5, 0.6) is 0 Å². The van der Waals surface area contributed by atoms with Crippen molar-refractivity contribution in [3.05, 3.63) is 62.5 Å². The maximum Gasteiger partial charge on any atom is 0.339 e. The molecule has 0 unspecified atom stereocenters. The van der Waals surface area contributed by atoms with Crippen molar-refractivity contribution in [2.45, 2.75) is 27.2 Å². The molecule has 0 aliphatic rings. The molecule has 0 amide bonds. The van der Waals surface area contributed by atoms with Crippen molar-refractivity contribution in [1.82, 2.24) is 4.98 Å². The van der Waals surface area contributed by atoms with Crippen LogP contribution in [-0.2, 0) is 6.42 Å². The Bertz CT molecular complexity index is 1170. The number of hydrogen-bond donors (Lipinski definition) is 0. The van der Waals surface area contributed by atoms with E-state index < -0.39 is 0 Å². The lowest BCUT2D eigenvalue weighted by molar-refractivity contribution is 0.546. The highest BCUT2D eigenvalue weighted by Crippen LogP contribution is 2.33. The van der Waals surface area contributed by atoms with Crippen molar-refractivity contribution in [2.24, 2.45) is 0 Å². The Morgan fingerprint density at radius 2 is 1.76 bits per heavy atom. The summed E-state index contributed by atoms with van der Waals surface area (Å²) in [6.07, 6.45) is 0.635. The summed E-state index contributed by atoms with van der Waals surface area (Å²) in [5.74, 6) is 0.515. The Morgan fingerprint density at radius 1 is 1.04 bits per heavy atom. The molecule has 2 aromatic heterocycles. The molecule has 0 spiro atoms. The van der Waals surface area contributed by atoms with E-state index in [-0.39, 0.29) is 5.63 Å². The molecule has 0 bridgehead atoms. The van der Waals surface area contributed by atoms with Crippen LogP contribution in [0, 0.1) is 13.8 Å². The zero-order chi connectivity index (χ0) is 17.7. The highest BCUT2D eigenvalue weighted by atomic mass is 35.5. The zero-order valence-electron chi connectivity index (χ0n) is 14.1. The Kier molecular flexibility index (Phi) is 3.65. The summed E-state index contributed by atoms with van der Waals surface area (Å²) in [7, 11) is 0. The molecule has 2 aromatic carbocycles. The van der Waals surface area contributed by atoms with Gasteiger partial charge in [-0.05, 0) is 56.2 Å². The lowest BCUT2D eigenvalue weighted by Crippen LogP contribution is -2.09. The van der Waals surface area contributed by atoms with Crippen molar-refractivity contribution in [3.63, 3.8) is 0 Å². The molecular formula is C20H16ClNO3. The molecule has 0 saturated heterocycles. The quantitative estimate of drug-likeness (QED) is 0.450. The van der Waals surface area contributed by atoms with E-state index in [4.69, 9.17) is 20.4 Å². The van der Waals surface area contributed by atoms with E-state index in [1.165, 1.54) is 0 Å². The molecule has 4 nitrogen and oxygen atoms in total. The summed E-state index contributed by atoms with van der Waals surface area (Å²) in [6.45, 7) is 5.78. The van der Waals surface area contributed by atoms with Gasteiger partial charge in [0.05, 0.1) is 0 Å². The standard InChI is InChI=1S/C20H16ClNO3/c1-4-14-10(2)15-9-16-18(11(3)17(15)25-20(14)23)24-19(22-16)12-5-7-13(21)8-6-12/h5-9H,4H2,1-3H3. The first kappa shape index (κ1) is 15.9. The molecule has 0 N–H and O–H groups in total. The molecule has 4 rings (SSSR count). The summed E-state index contributed by atoms with van der Waals surface area (Å²) in [4.78, 5) is 16.8. The molecule has 5 heteroatoms. The van der Waals surface area contributed by atoms with Crippen molar-refractivity contribution in [2.75, 3.05) is 0 Å². The normalized spacial score (nSPS) is 11.5. The number of hydrogen-bond acceptors (Lipinski definition) is 4. The predicted octanol–water partition coefficient (Wildman–Crippen LogP) is 5.43. The Labute approximate surface area is 149 Å². The fourth-order valence-electron chi connectivity index (χ4n) is 3.21. The van der Waals surface area contributed by atoms with Crippen LogP contribution in [0.4, 0.5) is 0 Å². The van der Waals surface area contributed by atoms with Gasteiger partial charge in [0.2, 0.25) is 5.89 Å². The molecule has 2 heterocycles. The zero-order valence-corrected chi connectivity index (χ0v) is 14.9. The number of oxazole rings is 1. The lowest BCUT2D eigenvalue weighted by atomic mass is 10.0. The Hall–Kier alpha value is -2.59. The molecular weight excluding hydrogens is 338 g/mol. The minimum atomic E-state index is -0.285. The van der Waals surface area contributed by atoms with Gasteiger partial charge in [-0.2, -0.15) is 0 Å². The minimum absolute atomic E-state index is 0.285. The highest BCUT2D eigenvalue weighted by molar-refractivity contribution is 6.30. The number of benzene rings is 2. The first-order valence-electron chi connectivity index (χ1n) is 8.12. The third kappa shape index (κ3) is 2.45. The number of fused-ring (bicyclic) bond motifs is 2. The van der Waals surface area contributed by atoms with Crippen molar-refractivity contribution in [1.29, 1.82) is 0 Å². The van der Waals surface area contributed by atoms with E-state index in [1.54, 1.807) is 12.1 Å². The second-order valence-corrected chi connectivity index (χ2v) is 6.54. The van der Waals surface area contributed by atoms with Crippen molar-refractivity contribution in [3.8, 4) is 11.5 Å². The van der Waals surface area contributed by atoms with Gasteiger partial charge in [0.1, 0.15) is 11.1 Å². The average Bonchev–Trinajstić information content (AvgIpc) is 3.02. The molecule has 4 aromatic rings. The van der Waals surface area contributed by atoms with Crippen molar-refractivity contribution >= 4 is 33.7 Å². The van der Waals surface area contributed by atoms with Crippen LogP contribution in [0.25, 0.3) is 33.5 Å². The van der Waals surface area contributed by atoms with Crippen LogP contribution >= 0.6 is 11.6 Å². The second-order valence-electron chi connectivity index (χ2n) is 6.10. The van der Waals surface area contributed by atoms with Crippen molar-refractivity contribution < 1.29 is 8.83 Å². The predicted molar refractivity (Wildman–Crippen MR) is 99.3 cm³/mol. The Balaban J connectivity index is 2.03. The van der Waals surface area contributed by atoms with E-state index in [2.05, 4.69) is 4.98 Å². The number of rotatable bonds is 2. The average molecular weight is 354 g/mol. The van der Waals surface area contributed by atoms with Gasteiger partial charge in [0.25, 0.3) is 0 Å². The van der Waals surface area contributed by atoms with Gasteiger partial charge in [0.15, 0.2) is 5.58 Å². The third-order valence-corrected chi connectivity index (χ3v) is 4.85. The third-order valence-electron chi connectivity index (χ3n) is 4.60. The van der Waals surface area contributed by atoms with E-state index in [0.29, 0.717) is 34.1 Å². The van der Waals surface area contributed by atoms with Gasteiger partial charge in [-0.25, -0.2) is 9.78 Å². The maximum atomic E-state index is 12.2. The minimum Gasteiger partial charge on any atom is -0.436 e. The van der Waals surface area contributed by atoms with Crippen LogP contribution in [-0.4, -0.2) is 4.98 Å². The molecule has 0 aliphatic carbocycles. The van der Waals surface area contributed by atoms with E-state index >= 15 is 0 Å². The molecule has 126 valence electrons. The van der Waals surface area contributed by atoms with Crippen LogP contribution in [0.15, 0.2) is 44.0 Å². The van der Waals surface area contributed by atoms with Gasteiger partial charge >= 0.3 is 5.63 Å². The Morgan fingerprint density at radius 3 is 2.44 bits per heavy atom. The fourth-order valence-corrected chi connectivity index (χ4v) is 3.34. The SMILES string of the molecule is CCc1c(C)c2cc3nc(-c4ccc(Cl)cc4)oc3c(C)c2oc1=O. The number of aryl methyl sites for hydroxylation is 2. The highest BCUT2D eigenvalue weighted by Gasteiger charge is 2.18. The number of aromatic nitrogens is 1. The lowest BCUT2D eigenvalue weighted by Gasteiger charge is -2.07. The molecule has 25 heavy (non-hydrogen) atoms. The largest absolute Gasteiger partial charge is 0.436 e. The summed E-state index contributed by atoms with van der Waals surface area (Å²) >= 11 is 5.94. The van der Waals surface area contributed by atoms with Crippen LogP contribution in [0.3, 0.4) is 0 Å². The van der Waals surface area contributed by atoms with E-state index in [1.807, 2.05) is 39.0 Å². The molecule has 0 atom stereocenters. The summed E-state index contributed by atoms with van der Waals surface area (Å²) < 4.78 is 11.5. The molecule has 0 fully saturated rings.